The molecule has 0 aliphatic carbocycles. The zero-order valence-corrected chi connectivity index (χ0v) is 21.1. The molecule has 2 unspecified atom stereocenters. The van der Waals surface area contributed by atoms with Crippen LogP contribution in [-0.4, -0.2) is 78.0 Å². The van der Waals surface area contributed by atoms with E-state index in [9.17, 15) is 14.4 Å². The number of hydrogen-bond acceptors (Lipinski definition) is 4. The Morgan fingerprint density at radius 3 is 2.83 bits per heavy atom. The minimum Gasteiger partial charge on any atom is -0.376 e. The van der Waals surface area contributed by atoms with E-state index >= 15 is 0 Å². The summed E-state index contributed by atoms with van der Waals surface area (Å²) < 4.78 is 5.75. The van der Waals surface area contributed by atoms with E-state index in [0.29, 0.717) is 29.4 Å². The van der Waals surface area contributed by atoms with E-state index in [1.807, 2.05) is 11.0 Å². The Balaban J connectivity index is 1.57. The summed E-state index contributed by atoms with van der Waals surface area (Å²) in [5.41, 5.74) is 1.79. The third-order valence-corrected chi connectivity index (χ3v) is 6.74. The van der Waals surface area contributed by atoms with Crippen molar-refractivity contribution < 1.29 is 19.1 Å². The van der Waals surface area contributed by atoms with Gasteiger partial charge in [0.1, 0.15) is 6.54 Å². The molecule has 3 heterocycles. The van der Waals surface area contributed by atoms with Crippen molar-refractivity contribution >= 4 is 29.4 Å². The molecule has 0 spiro atoms. The molecule has 4 amide bonds. The van der Waals surface area contributed by atoms with Crippen molar-refractivity contribution in [1.82, 2.24) is 20.0 Å². The molecular weight excluding hydrogens is 468 g/mol. The number of nitrogens with zero attached hydrogens (tertiary/aromatic N) is 3. The van der Waals surface area contributed by atoms with Gasteiger partial charge in [0.15, 0.2) is 0 Å². The average molecular weight is 501 g/mol. The number of rotatable bonds is 9. The molecule has 2 atom stereocenters. The van der Waals surface area contributed by atoms with Crippen molar-refractivity contribution in [3.63, 3.8) is 0 Å². The predicted molar refractivity (Wildman–Crippen MR) is 134 cm³/mol. The van der Waals surface area contributed by atoms with Crippen molar-refractivity contribution in [3.8, 4) is 0 Å². The van der Waals surface area contributed by atoms with Crippen LogP contribution in [-0.2, 0) is 14.3 Å². The standard InChI is InChI=1S/C26H33ClN4O4/c1-4-10-31-21-15-30(16-22(32)29(13-17(2)3)14-20-9-6-11-35-20)25(33)23(21)24(28-26(31)34)18-7-5-8-19(27)12-18/h4-5,7-8,12,17,20,24H,1,6,9-11,13-16H2,2-3H3,(H,28,34). The Hall–Kier alpha value is -2.84. The van der Waals surface area contributed by atoms with E-state index < -0.39 is 6.04 Å². The number of amides is 4. The smallest absolute Gasteiger partial charge is 0.322 e. The third-order valence-electron chi connectivity index (χ3n) is 6.50. The molecule has 188 valence electrons. The van der Waals surface area contributed by atoms with E-state index in [1.165, 1.54) is 9.80 Å². The second kappa shape index (κ2) is 10.8. The maximum atomic E-state index is 13.6. The zero-order valence-electron chi connectivity index (χ0n) is 20.3. The van der Waals surface area contributed by atoms with Gasteiger partial charge in [-0.1, -0.05) is 43.7 Å². The highest BCUT2D eigenvalue weighted by molar-refractivity contribution is 6.30. The van der Waals surface area contributed by atoms with Crippen LogP contribution in [0.25, 0.3) is 0 Å². The van der Waals surface area contributed by atoms with E-state index in [0.717, 1.165) is 25.0 Å². The van der Waals surface area contributed by atoms with Gasteiger partial charge in [-0.3, -0.25) is 14.5 Å². The fourth-order valence-electron chi connectivity index (χ4n) is 4.95. The molecule has 0 saturated carbocycles. The van der Waals surface area contributed by atoms with Crippen LogP contribution in [0.2, 0.25) is 5.02 Å². The summed E-state index contributed by atoms with van der Waals surface area (Å²) in [6, 6.07) is 6.16. The summed E-state index contributed by atoms with van der Waals surface area (Å²) in [7, 11) is 0. The normalized spacial score (nSPS) is 22.1. The topological polar surface area (TPSA) is 82.2 Å². The highest BCUT2D eigenvalue weighted by atomic mass is 35.5. The Bertz CT molecular complexity index is 1030. The van der Waals surface area contributed by atoms with Crippen molar-refractivity contribution in [1.29, 1.82) is 0 Å². The average Bonchev–Trinajstić information content (AvgIpc) is 3.43. The molecule has 1 aromatic rings. The second-order valence-electron chi connectivity index (χ2n) is 9.69. The Labute approximate surface area is 211 Å². The molecule has 1 N–H and O–H groups in total. The maximum Gasteiger partial charge on any atom is 0.322 e. The lowest BCUT2D eigenvalue weighted by atomic mass is 9.95. The first kappa shape index (κ1) is 25.3. The fraction of sp³-hybridized carbons (Fsp3) is 0.500. The van der Waals surface area contributed by atoms with Crippen LogP contribution in [0.5, 0.6) is 0 Å². The molecule has 9 heteroatoms. The lowest BCUT2D eigenvalue weighted by molar-refractivity contribution is -0.139. The number of halogens is 1. The molecule has 0 bridgehead atoms. The fourth-order valence-corrected chi connectivity index (χ4v) is 5.15. The molecule has 3 aliphatic heterocycles. The molecule has 0 radical (unpaired) electrons. The number of ether oxygens (including phenoxy) is 1. The van der Waals surface area contributed by atoms with Gasteiger partial charge in [-0.25, -0.2) is 4.79 Å². The summed E-state index contributed by atoms with van der Waals surface area (Å²) in [6.45, 7) is 10.1. The van der Waals surface area contributed by atoms with E-state index in [4.69, 9.17) is 16.3 Å². The number of carbonyl (C=O) groups is 3. The summed E-state index contributed by atoms with van der Waals surface area (Å²) in [4.78, 5) is 44.8. The first-order valence-corrected chi connectivity index (χ1v) is 12.5. The van der Waals surface area contributed by atoms with Crippen molar-refractivity contribution in [2.75, 3.05) is 39.3 Å². The van der Waals surface area contributed by atoms with Crippen LogP contribution < -0.4 is 5.32 Å². The molecule has 8 nitrogen and oxygen atoms in total. The molecule has 1 fully saturated rings. The number of benzene rings is 1. The Morgan fingerprint density at radius 1 is 1.37 bits per heavy atom. The molecule has 35 heavy (non-hydrogen) atoms. The summed E-state index contributed by atoms with van der Waals surface area (Å²) in [5, 5.41) is 3.45. The highest BCUT2D eigenvalue weighted by Crippen LogP contribution is 2.36. The molecular formula is C26H33ClN4O4. The summed E-state index contributed by atoms with van der Waals surface area (Å²) in [6.07, 6.45) is 3.59. The van der Waals surface area contributed by atoms with Gasteiger partial charge < -0.3 is 19.9 Å². The molecule has 4 rings (SSSR count). The number of urea groups is 1. The van der Waals surface area contributed by atoms with Crippen LogP contribution in [0, 0.1) is 5.92 Å². The van der Waals surface area contributed by atoms with Crippen LogP contribution in [0.3, 0.4) is 0 Å². The minimum absolute atomic E-state index is 0.0374. The molecule has 3 aliphatic rings. The highest BCUT2D eigenvalue weighted by Gasteiger charge is 2.44. The van der Waals surface area contributed by atoms with Gasteiger partial charge in [-0.05, 0) is 36.5 Å². The number of nitrogens with one attached hydrogen (secondary N) is 1. The van der Waals surface area contributed by atoms with E-state index in [1.54, 1.807) is 24.3 Å². The van der Waals surface area contributed by atoms with Crippen LogP contribution >= 0.6 is 11.6 Å². The SMILES string of the molecule is C=CCN1C(=O)NC(c2cccc(Cl)c2)C2=C1CN(CC(=O)N(CC(C)C)CC1CCCO1)C2=O. The zero-order chi connectivity index (χ0) is 25.1. The predicted octanol–water partition coefficient (Wildman–Crippen LogP) is 3.35. The number of carbonyl (C=O) groups excluding carboxylic acids is 3. The molecule has 1 saturated heterocycles. The first-order valence-electron chi connectivity index (χ1n) is 12.1. The van der Waals surface area contributed by atoms with Crippen molar-refractivity contribution in [2.24, 2.45) is 5.92 Å². The van der Waals surface area contributed by atoms with Crippen LogP contribution in [0.4, 0.5) is 4.79 Å². The second-order valence-corrected chi connectivity index (χ2v) is 10.1. The summed E-state index contributed by atoms with van der Waals surface area (Å²) in [5.74, 6) is -0.0802. The Kier molecular flexibility index (Phi) is 7.82. The van der Waals surface area contributed by atoms with Gasteiger partial charge in [-0.15, -0.1) is 6.58 Å². The lowest BCUT2D eigenvalue weighted by Gasteiger charge is -2.33. The largest absolute Gasteiger partial charge is 0.376 e. The first-order chi connectivity index (χ1) is 16.8. The van der Waals surface area contributed by atoms with E-state index in [-0.39, 0.29) is 49.5 Å². The van der Waals surface area contributed by atoms with Gasteiger partial charge in [0.25, 0.3) is 5.91 Å². The third kappa shape index (κ3) is 5.54. The van der Waals surface area contributed by atoms with Gasteiger partial charge in [0.2, 0.25) is 5.91 Å². The van der Waals surface area contributed by atoms with Crippen LogP contribution in [0.1, 0.15) is 38.3 Å². The maximum absolute atomic E-state index is 13.6. The van der Waals surface area contributed by atoms with Crippen molar-refractivity contribution in [3.05, 3.63) is 58.8 Å². The van der Waals surface area contributed by atoms with Gasteiger partial charge in [0, 0.05) is 31.3 Å². The monoisotopic (exact) mass is 500 g/mol. The quantitative estimate of drug-likeness (QED) is 0.527. The van der Waals surface area contributed by atoms with Gasteiger partial charge in [0.05, 0.1) is 30.0 Å². The number of hydrogen-bond donors (Lipinski definition) is 1. The molecule has 0 aromatic heterocycles. The van der Waals surface area contributed by atoms with E-state index in [2.05, 4.69) is 25.7 Å². The van der Waals surface area contributed by atoms with Gasteiger partial charge in [-0.2, -0.15) is 0 Å². The summed E-state index contributed by atoms with van der Waals surface area (Å²) >= 11 is 6.19. The minimum atomic E-state index is -0.636. The van der Waals surface area contributed by atoms with Crippen LogP contribution in [0.15, 0.2) is 48.2 Å². The molecule has 1 aromatic carbocycles. The van der Waals surface area contributed by atoms with Crippen molar-refractivity contribution in [2.45, 2.75) is 38.8 Å². The lowest BCUT2D eigenvalue weighted by Crippen LogP contribution is -2.47. The van der Waals surface area contributed by atoms with Gasteiger partial charge >= 0.3 is 6.03 Å². The Morgan fingerprint density at radius 2 is 2.17 bits per heavy atom.